The van der Waals surface area contributed by atoms with Gasteiger partial charge in [0.25, 0.3) is 5.91 Å². The van der Waals surface area contributed by atoms with Crippen LogP contribution in [0.3, 0.4) is 0 Å². The molecule has 0 spiro atoms. The van der Waals surface area contributed by atoms with Gasteiger partial charge in [0.1, 0.15) is 17.0 Å². The molecule has 4 aromatic rings. The molecule has 0 saturated carbocycles. The number of nitrogens with zero attached hydrogens (tertiary/aromatic N) is 4. The highest BCUT2D eigenvalue weighted by molar-refractivity contribution is 6.04. The fraction of sp³-hybridized carbons (Fsp3) is 0.333. The first-order valence-corrected chi connectivity index (χ1v) is 14.0. The predicted molar refractivity (Wildman–Crippen MR) is 161 cm³/mol. The van der Waals surface area contributed by atoms with Gasteiger partial charge in [-0.05, 0) is 49.6 Å². The number of hydrogen-bond acceptors (Lipinski definition) is 8. The number of carbonyl (C=O) groups is 4. The maximum Gasteiger partial charge on any atom is 0.407 e. The van der Waals surface area contributed by atoms with Crippen molar-refractivity contribution in [3.8, 4) is 5.75 Å². The van der Waals surface area contributed by atoms with E-state index in [1.165, 1.54) is 19.2 Å². The van der Waals surface area contributed by atoms with Crippen molar-refractivity contribution in [2.45, 2.75) is 46.2 Å². The molecule has 0 aliphatic heterocycles. The summed E-state index contributed by atoms with van der Waals surface area (Å²) in [5, 5.41) is 19.0. The molecule has 5 N–H and O–H groups in total. The van der Waals surface area contributed by atoms with Crippen LogP contribution in [0.5, 0.6) is 5.75 Å². The lowest BCUT2D eigenvalue weighted by Gasteiger charge is -2.13. The molecule has 0 aliphatic carbocycles. The molecule has 2 heterocycles. The quantitative estimate of drug-likeness (QED) is 0.156. The number of alkyl carbamates (subject to hydrolysis) is 1. The highest BCUT2D eigenvalue weighted by Gasteiger charge is 2.21. The molecule has 14 heteroatoms. The number of amides is 3. The number of carboxylic acids is 1. The third-order valence-corrected chi connectivity index (χ3v) is 6.86. The van der Waals surface area contributed by atoms with Gasteiger partial charge in [0, 0.05) is 31.6 Å². The fourth-order valence-corrected chi connectivity index (χ4v) is 4.85. The molecule has 232 valence electrons. The van der Waals surface area contributed by atoms with Crippen LogP contribution in [0.15, 0.2) is 42.5 Å². The molecule has 0 fully saturated rings. The van der Waals surface area contributed by atoms with E-state index < -0.39 is 23.9 Å². The van der Waals surface area contributed by atoms with Crippen molar-refractivity contribution in [3.63, 3.8) is 0 Å². The number of nitrogens with two attached hydrogens (primary N) is 1. The number of anilines is 1. The summed E-state index contributed by atoms with van der Waals surface area (Å²) in [6.45, 7) is 4.81. The summed E-state index contributed by atoms with van der Waals surface area (Å²) >= 11 is 0. The lowest BCUT2D eigenvalue weighted by atomic mass is 10.0. The number of carbonyl (C=O) groups excluding carboxylic acids is 3. The number of hydrogen-bond donors (Lipinski definition) is 4. The lowest BCUT2D eigenvalue weighted by Crippen LogP contribution is -2.27. The van der Waals surface area contributed by atoms with Crippen LogP contribution >= 0.6 is 0 Å². The van der Waals surface area contributed by atoms with Crippen molar-refractivity contribution in [1.29, 1.82) is 0 Å². The van der Waals surface area contributed by atoms with Gasteiger partial charge in [0.05, 0.1) is 31.3 Å². The number of imidazole rings is 1. The molecule has 2 aromatic carbocycles. The Bertz CT molecular complexity index is 1690. The molecule has 0 bridgehead atoms. The Labute approximate surface area is 253 Å². The highest BCUT2D eigenvalue weighted by Crippen LogP contribution is 2.31. The molecular weight excluding hydrogens is 570 g/mol. The number of aromatic nitrogens is 4. The number of carboxylic acid groups (broad SMARTS) is 1. The van der Waals surface area contributed by atoms with Crippen molar-refractivity contribution in [2.75, 3.05) is 25.6 Å². The van der Waals surface area contributed by atoms with Gasteiger partial charge in [0.2, 0.25) is 11.9 Å². The van der Waals surface area contributed by atoms with Gasteiger partial charge in [-0.25, -0.2) is 9.78 Å². The largest absolute Gasteiger partial charge is 0.494 e. The first-order chi connectivity index (χ1) is 21.1. The van der Waals surface area contributed by atoms with Gasteiger partial charge < -0.3 is 30.2 Å². The third-order valence-electron chi connectivity index (χ3n) is 6.86. The molecule has 0 aliphatic rings. The summed E-state index contributed by atoms with van der Waals surface area (Å²) in [7, 11) is 1.45. The molecule has 0 atom stereocenters. The van der Waals surface area contributed by atoms with E-state index in [-0.39, 0.29) is 31.1 Å². The first-order valence-electron chi connectivity index (χ1n) is 14.0. The van der Waals surface area contributed by atoms with Gasteiger partial charge in [-0.2, -0.15) is 5.10 Å². The van der Waals surface area contributed by atoms with Crippen LogP contribution in [0.25, 0.3) is 11.0 Å². The zero-order chi connectivity index (χ0) is 31.8. The molecule has 3 amide bonds. The van der Waals surface area contributed by atoms with Crippen LogP contribution in [0, 0.1) is 6.92 Å². The number of benzene rings is 2. The van der Waals surface area contributed by atoms with Crippen molar-refractivity contribution in [2.24, 2.45) is 5.73 Å². The normalized spacial score (nSPS) is 10.9. The Balaban J connectivity index is 1.44. The Hall–Kier alpha value is -5.40. The van der Waals surface area contributed by atoms with E-state index >= 15 is 0 Å². The number of primary amides is 1. The molecule has 0 unspecified atom stereocenters. The summed E-state index contributed by atoms with van der Waals surface area (Å²) in [5.41, 5.74) is 9.16. The van der Waals surface area contributed by atoms with Crippen molar-refractivity contribution in [3.05, 3.63) is 70.5 Å². The Morgan fingerprint density at radius 3 is 2.52 bits per heavy atom. The average molecular weight is 606 g/mol. The predicted octanol–water partition coefficient (Wildman–Crippen LogP) is 2.91. The molecule has 44 heavy (non-hydrogen) atoms. The second kappa shape index (κ2) is 14.2. The van der Waals surface area contributed by atoms with Gasteiger partial charge in [-0.1, -0.05) is 24.3 Å². The van der Waals surface area contributed by atoms with E-state index in [0.717, 1.165) is 5.56 Å². The van der Waals surface area contributed by atoms with Gasteiger partial charge in [-0.15, -0.1) is 0 Å². The maximum absolute atomic E-state index is 13.2. The smallest absolute Gasteiger partial charge is 0.407 e. The Morgan fingerprint density at radius 1 is 1.09 bits per heavy atom. The van der Waals surface area contributed by atoms with E-state index in [0.29, 0.717) is 59.7 Å². The van der Waals surface area contributed by atoms with Crippen LogP contribution in [0.4, 0.5) is 10.7 Å². The molecule has 0 radical (unpaired) electrons. The Kier molecular flexibility index (Phi) is 10.2. The average Bonchev–Trinajstić information content (AvgIpc) is 3.54. The molecule has 0 saturated heterocycles. The SMILES string of the molecule is CCn1nc(C)cc1C(=O)Nc1nc2cc(C(N)=O)cc(OC)c2n1CCCNC(=O)OCCc1ccccc1CC(=O)O. The van der Waals surface area contributed by atoms with Crippen LogP contribution in [0.2, 0.25) is 0 Å². The number of methoxy groups -OCH3 is 1. The van der Waals surface area contributed by atoms with Crippen molar-refractivity contribution in [1.82, 2.24) is 24.6 Å². The van der Waals surface area contributed by atoms with Crippen molar-refractivity contribution >= 4 is 40.9 Å². The van der Waals surface area contributed by atoms with Gasteiger partial charge >= 0.3 is 12.1 Å². The van der Waals surface area contributed by atoms with E-state index in [9.17, 15) is 19.2 Å². The van der Waals surface area contributed by atoms with Gasteiger partial charge in [-0.3, -0.25) is 24.4 Å². The van der Waals surface area contributed by atoms with E-state index in [4.69, 9.17) is 20.3 Å². The molecule has 4 rings (SSSR count). The number of aryl methyl sites for hydroxylation is 3. The molecule has 2 aromatic heterocycles. The standard InChI is InChI=1S/C30H35N7O7/c1-4-37-23(14-18(2)35-37)28(41)34-29-33-22-15-21(27(31)40)16-24(43-3)26(22)36(29)12-7-11-32-30(42)44-13-10-19-8-5-6-9-20(19)17-25(38)39/h5-6,8-9,14-16H,4,7,10-13,17H2,1-3H3,(H2,31,40)(H,32,42)(H,38,39)(H,33,34,41). The topological polar surface area (TPSA) is 193 Å². The number of ether oxygens (including phenoxy) is 2. The number of rotatable bonds is 14. The summed E-state index contributed by atoms with van der Waals surface area (Å²) in [5.74, 6) is -1.44. The second-order valence-corrected chi connectivity index (χ2v) is 9.94. The van der Waals surface area contributed by atoms with E-state index in [1.807, 2.05) is 13.0 Å². The zero-order valence-corrected chi connectivity index (χ0v) is 24.8. The minimum Gasteiger partial charge on any atom is -0.494 e. The van der Waals surface area contributed by atoms with Gasteiger partial charge in [0.15, 0.2) is 0 Å². The molecular formula is C30H35N7O7. The monoisotopic (exact) mass is 605 g/mol. The minimum atomic E-state index is -0.932. The van der Waals surface area contributed by atoms with Crippen LogP contribution in [-0.2, 0) is 35.5 Å². The first kappa shape index (κ1) is 31.5. The maximum atomic E-state index is 13.2. The fourth-order valence-electron chi connectivity index (χ4n) is 4.85. The van der Waals surface area contributed by atoms with Crippen LogP contribution < -0.4 is 21.1 Å². The minimum absolute atomic E-state index is 0.0814. The lowest BCUT2D eigenvalue weighted by molar-refractivity contribution is -0.136. The van der Waals surface area contributed by atoms with Crippen molar-refractivity contribution < 1.29 is 33.8 Å². The summed E-state index contributed by atoms with van der Waals surface area (Å²) < 4.78 is 14.2. The van der Waals surface area contributed by atoms with Crippen LogP contribution in [-0.4, -0.2) is 68.6 Å². The van der Waals surface area contributed by atoms with E-state index in [1.54, 1.807) is 40.4 Å². The summed E-state index contributed by atoms with van der Waals surface area (Å²) in [6.07, 6.45) is 0.0865. The Morgan fingerprint density at radius 2 is 1.84 bits per heavy atom. The molecule has 14 nitrogen and oxygen atoms in total. The zero-order valence-electron chi connectivity index (χ0n) is 24.8. The summed E-state index contributed by atoms with van der Waals surface area (Å²) in [4.78, 5) is 53.1. The highest BCUT2D eigenvalue weighted by atomic mass is 16.5. The number of fused-ring (bicyclic) bond motifs is 1. The number of aliphatic carboxylic acids is 1. The third kappa shape index (κ3) is 7.51. The summed E-state index contributed by atoms with van der Waals surface area (Å²) in [6, 6.07) is 11.8. The van der Waals surface area contributed by atoms with Crippen LogP contribution in [0.1, 0.15) is 51.0 Å². The number of nitrogens with one attached hydrogen (secondary N) is 2. The second-order valence-electron chi connectivity index (χ2n) is 9.94. The van der Waals surface area contributed by atoms with E-state index in [2.05, 4.69) is 20.7 Å².